The van der Waals surface area contributed by atoms with Crippen molar-refractivity contribution in [2.75, 3.05) is 33.5 Å². The molecule has 0 fully saturated rings. The first-order valence-corrected chi connectivity index (χ1v) is 7.56. The molecule has 0 heterocycles. The molecule has 1 aromatic rings. The lowest BCUT2D eigenvalue weighted by Crippen LogP contribution is -2.07. The molecule has 0 bridgehead atoms. The summed E-state index contributed by atoms with van der Waals surface area (Å²) in [4.78, 5) is 10.9. The second kappa shape index (κ2) is 9.33. The minimum Gasteiger partial charge on any atom is -0.491 e. The monoisotopic (exact) mass is 410 g/mol. The average Bonchev–Trinajstić information content (AvgIpc) is 2.40. The zero-order valence-corrected chi connectivity index (χ0v) is 14.2. The van der Waals surface area contributed by atoms with Crippen LogP contribution in [0.4, 0.5) is 0 Å². The summed E-state index contributed by atoms with van der Waals surface area (Å²) in [6.45, 7) is 2.22. The zero-order chi connectivity index (χ0) is 15.0. The SMILES string of the molecule is COCCOCCCOc1c(Br)cc(C(=O)O)cc1Br. The van der Waals surface area contributed by atoms with Gasteiger partial charge in [-0.1, -0.05) is 0 Å². The molecule has 5 nitrogen and oxygen atoms in total. The predicted molar refractivity (Wildman–Crippen MR) is 81.6 cm³/mol. The molecule has 0 aliphatic carbocycles. The third-order valence-electron chi connectivity index (χ3n) is 2.36. The highest BCUT2D eigenvalue weighted by Crippen LogP contribution is 2.34. The maximum absolute atomic E-state index is 10.9. The van der Waals surface area contributed by atoms with E-state index in [1.165, 1.54) is 12.1 Å². The van der Waals surface area contributed by atoms with E-state index in [1.807, 2.05) is 0 Å². The van der Waals surface area contributed by atoms with Gasteiger partial charge in [-0.2, -0.15) is 0 Å². The van der Waals surface area contributed by atoms with E-state index in [-0.39, 0.29) is 5.56 Å². The van der Waals surface area contributed by atoms with Crippen molar-refractivity contribution in [1.29, 1.82) is 0 Å². The van der Waals surface area contributed by atoms with Crippen LogP contribution in [-0.2, 0) is 9.47 Å². The maximum Gasteiger partial charge on any atom is 0.335 e. The maximum atomic E-state index is 10.9. The highest BCUT2D eigenvalue weighted by molar-refractivity contribution is 9.11. The summed E-state index contributed by atoms with van der Waals surface area (Å²) in [6, 6.07) is 3.02. The van der Waals surface area contributed by atoms with Gasteiger partial charge >= 0.3 is 5.97 Å². The number of benzene rings is 1. The van der Waals surface area contributed by atoms with E-state index in [0.29, 0.717) is 41.1 Å². The van der Waals surface area contributed by atoms with Crippen LogP contribution in [0, 0.1) is 0 Å². The quantitative estimate of drug-likeness (QED) is 0.631. The zero-order valence-electron chi connectivity index (χ0n) is 11.0. The molecule has 1 N–H and O–H groups in total. The van der Waals surface area contributed by atoms with Crippen molar-refractivity contribution in [1.82, 2.24) is 0 Å². The van der Waals surface area contributed by atoms with Crippen molar-refractivity contribution < 1.29 is 24.1 Å². The third kappa shape index (κ3) is 5.78. The number of aromatic carboxylic acids is 1. The van der Waals surface area contributed by atoms with E-state index in [2.05, 4.69) is 31.9 Å². The van der Waals surface area contributed by atoms with Crippen molar-refractivity contribution in [2.24, 2.45) is 0 Å². The van der Waals surface area contributed by atoms with Crippen LogP contribution in [0.25, 0.3) is 0 Å². The Bertz CT molecular complexity index is 427. The van der Waals surface area contributed by atoms with Crippen LogP contribution < -0.4 is 4.74 Å². The fourth-order valence-electron chi connectivity index (χ4n) is 1.40. The number of methoxy groups -OCH3 is 1. The predicted octanol–water partition coefficient (Wildman–Crippen LogP) is 3.34. The minimum atomic E-state index is -0.982. The second-order valence-corrected chi connectivity index (χ2v) is 5.59. The molecule has 0 atom stereocenters. The Morgan fingerprint density at radius 1 is 1.15 bits per heavy atom. The van der Waals surface area contributed by atoms with Crippen molar-refractivity contribution in [2.45, 2.75) is 6.42 Å². The van der Waals surface area contributed by atoms with E-state index >= 15 is 0 Å². The number of rotatable bonds is 9. The van der Waals surface area contributed by atoms with Crippen LogP contribution in [0.3, 0.4) is 0 Å². The highest BCUT2D eigenvalue weighted by Gasteiger charge is 2.12. The Morgan fingerprint density at radius 3 is 2.35 bits per heavy atom. The minimum absolute atomic E-state index is 0.194. The molecule has 0 aliphatic heterocycles. The standard InChI is InChI=1S/C13H16Br2O5/c1-18-5-6-19-3-2-4-20-12-10(14)7-9(13(16)17)8-11(12)15/h7-8H,2-6H2,1H3,(H,16,17). The van der Waals surface area contributed by atoms with Crippen molar-refractivity contribution >= 4 is 37.8 Å². The van der Waals surface area contributed by atoms with E-state index in [4.69, 9.17) is 19.3 Å². The van der Waals surface area contributed by atoms with Crippen LogP contribution in [0.2, 0.25) is 0 Å². The molecular weight excluding hydrogens is 396 g/mol. The molecule has 7 heteroatoms. The molecular formula is C13H16Br2O5. The summed E-state index contributed by atoms with van der Waals surface area (Å²) >= 11 is 6.61. The summed E-state index contributed by atoms with van der Waals surface area (Å²) in [6.07, 6.45) is 0.739. The first-order valence-electron chi connectivity index (χ1n) is 5.98. The molecule has 1 rings (SSSR count). The number of hydrogen-bond donors (Lipinski definition) is 1. The highest BCUT2D eigenvalue weighted by atomic mass is 79.9. The van der Waals surface area contributed by atoms with Gasteiger partial charge in [0, 0.05) is 20.1 Å². The van der Waals surface area contributed by atoms with Gasteiger partial charge < -0.3 is 19.3 Å². The van der Waals surface area contributed by atoms with Crippen molar-refractivity contribution in [3.63, 3.8) is 0 Å². The smallest absolute Gasteiger partial charge is 0.335 e. The van der Waals surface area contributed by atoms with Crippen molar-refractivity contribution in [3.05, 3.63) is 26.6 Å². The van der Waals surface area contributed by atoms with E-state index in [9.17, 15) is 4.79 Å². The van der Waals surface area contributed by atoms with E-state index in [0.717, 1.165) is 6.42 Å². The van der Waals surface area contributed by atoms with Crippen LogP contribution in [-0.4, -0.2) is 44.6 Å². The van der Waals surface area contributed by atoms with Gasteiger partial charge in [-0.3, -0.25) is 0 Å². The van der Waals surface area contributed by atoms with Gasteiger partial charge in [0.15, 0.2) is 0 Å². The van der Waals surface area contributed by atoms with E-state index in [1.54, 1.807) is 7.11 Å². The summed E-state index contributed by atoms with van der Waals surface area (Å²) in [5.41, 5.74) is 0.194. The van der Waals surface area contributed by atoms with Crippen molar-refractivity contribution in [3.8, 4) is 5.75 Å². The first kappa shape index (κ1) is 17.4. The summed E-state index contributed by atoms with van der Waals surface area (Å²) < 4.78 is 17.0. The molecule has 0 saturated heterocycles. The Kier molecular flexibility index (Phi) is 8.13. The lowest BCUT2D eigenvalue weighted by molar-refractivity contribution is 0.0643. The van der Waals surface area contributed by atoms with Crippen LogP contribution in [0.5, 0.6) is 5.75 Å². The van der Waals surface area contributed by atoms with Gasteiger partial charge in [-0.05, 0) is 44.0 Å². The molecule has 0 aliphatic rings. The molecule has 0 amide bonds. The fourth-order valence-corrected chi connectivity index (χ4v) is 2.82. The normalized spacial score (nSPS) is 10.6. The number of hydrogen-bond acceptors (Lipinski definition) is 4. The Balaban J connectivity index is 2.42. The molecule has 0 radical (unpaired) electrons. The fraction of sp³-hybridized carbons (Fsp3) is 0.462. The lowest BCUT2D eigenvalue weighted by atomic mass is 10.2. The second-order valence-electron chi connectivity index (χ2n) is 3.88. The summed E-state index contributed by atoms with van der Waals surface area (Å²) in [5, 5.41) is 8.93. The molecule has 0 saturated carbocycles. The first-order chi connectivity index (χ1) is 9.56. The van der Waals surface area contributed by atoms with Gasteiger partial charge in [-0.15, -0.1) is 0 Å². The molecule has 20 heavy (non-hydrogen) atoms. The molecule has 0 aromatic heterocycles. The Hall–Kier alpha value is -0.630. The van der Waals surface area contributed by atoms with E-state index < -0.39 is 5.97 Å². The topological polar surface area (TPSA) is 65.0 Å². The Labute approximate surface area is 134 Å². The number of halogens is 2. The number of ether oxygens (including phenoxy) is 3. The van der Waals surface area contributed by atoms with Crippen LogP contribution >= 0.6 is 31.9 Å². The Morgan fingerprint density at radius 2 is 1.80 bits per heavy atom. The summed E-state index contributed by atoms with van der Waals surface area (Å²) in [5.74, 6) is -0.392. The largest absolute Gasteiger partial charge is 0.491 e. The van der Waals surface area contributed by atoms with Gasteiger partial charge in [0.05, 0.1) is 34.3 Å². The average molecular weight is 412 g/mol. The molecule has 112 valence electrons. The number of carbonyl (C=O) groups is 1. The lowest BCUT2D eigenvalue weighted by Gasteiger charge is -2.11. The van der Waals surface area contributed by atoms with Gasteiger partial charge in [0.25, 0.3) is 0 Å². The van der Waals surface area contributed by atoms with Crippen LogP contribution in [0.15, 0.2) is 21.1 Å². The van der Waals surface area contributed by atoms with Gasteiger partial charge in [0.1, 0.15) is 5.75 Å². The van der Waals surface area contributed by atoms with Crippen LogP contribution in [0.1, 0.15) is 16.8 Å². The van der Waals surface area contributed by atoms with Gasteiger partial charge in [0.2, 0.25) is 0 Å². The number of carboxylic acid groups (broad SMARTS) is 1. The van der Waals surface area contributed by atoms with Gasteiger partial charge in [-0.25, -0.2) is 4.79 Å². The molecule has 0 unspecified atom stereocenters. The number of carboxylic acids is 1. The molecule has 0 spiro atoms. The third-order valence-corrected chi connectivity index (χ3v) is 3.53. The molecule has 1 aromatic carbocycles. The summed E-state index contributed by atoms with van der Waals surface area (Å²) in [7, 11) is 1.63.